The van der Waals surface area contributed by atoms with Gasteiger partial charge < -0.3 is 15.5 Å². The number of likely N-dealkylation sites (tertiary alicyclic amines) is 1. The molecule has 3 aromatic rings. The molecule has 0 atom stereocenters. The largest absolute Gasteiger partial charge is 0.351 e. The van der Waals surface area contributed by atoms with Crippen LogP contribution in [-0.2, 0) is 11.3 Å². The second-order valence-corrected chi connectivity index (χ2v) is 9.06. The van der Waals surface area contributed by atoms with Crippen molar-refractivity contribution in [3.63, 3.8) is 0 Å². The molecule has 2 N–H and O–H groups in total. The lowest BCUT2D eigenvalue weighted by atomic mass is 9.86. The molecule has 1 spiro atoms. The van der Waals surface area contributed by atoms with E-state index in [-0.39, 0.29) is 17.6 Å². The smallest absolute Gasteiger partial charge is 0.251 e. The fraction of sp³-hybridized carbons (Fsp3) is 0.346. The summed E-state index contributed by atoms with van der Waals surface area (Å²) >= 11 is 0. The minimum atomic E-state index is -0.472. The average molecular weight is 462 g/mol. The SMILES string of the molecule is O=C(NCCN1CCC2(CC1)C(=O)NCN2Cc1cccnc1)c1ccc2cc(F)ccc2c1. The van der Waals surface area contributed by atoms with E-state index in [2.05, 4.69) is 25.4 Å². The number of aromatic nitrogens is 1. The number of carbonyl (C=O) groups is 2. The highest BCUT2D eigenvalue weighted by atomic mass is 19.1. The zero-order valence-corrected chi connectivity index (χ0v) is 19.0. The molecule has 8 heteroatoms. The molecule has 34 heavy (non-hydrogen) atoms. The van der Waals surface area contributed by atoms with E-state index >= 15 is 0 Å². The summed E-state index contributed by atoms with van der Waals surface area (Å²) in [6.45, 7) is 4.11. The number of rotatable bonds is 6. The van der Waals surface area contributed by atoms with Crippen molar-refractivity contribution >= 4 is 22.6 Å². The second-order valence-electron chi connectivity index (χ2n) is 9.06. The number of pyridine rings is 1. The minimum absolute atomic E-state index is 0.112. The number of carbonyl (C=O) groups excluding carboxylic acids is 2. The fourth-order valence-electron chi connectivity index (χ4n) is 5.02. The molecule has 0 unspecified atom stereocenters. The minimum Gasteiger partial charge on any atom is -0.351 e. The standard InChI is InChI=1S/C26H28FN5O2/c27-23-6-5-20-14-22(4-3-21(20)15-23)24(33)29-10-13-31-11-7-26(8-12-31)25(34)30-18-32(26)17-19-2-1-9-28-16-19/h1-6,9,14-16H,7-8,10-13,17-18H2,(H,29,33)(H,30,34). The summed E-state index contributed by atoms with van der Waals surface area (Å²) < 4.78 is 13.4. The topological polar surface area (TPSA) is 77.6 Å². The number of nitrogens with zero attached hydrogens (tertiary/aromatic N) is 3. The van der Waals surface area contributed by atoms with Crippen LogP contribution in [0.2, 0.25) is 0 Å². The Hall–Kier alpha value is -3.36. The summed E-state index contributed by atoms with van der Waals surface area (Å²) in [4.78, 5) is 34.1. The second kappa shape index (κ2) is 9.48. The van der Waals surface area contributed by atoms with Crippen LogP contribution in [0.25, 0.3) is 10.8 Å². The van der Waals surface area contributed by atoms with Crippen LogP contribution in [0.15, 0.2) is 60.9 Å². The van der Waals surface area contributed by atoms with Crippen molar-refractivity contribution in [1.29, 1.82) is 0 Å². The van der Waals surface area contributed by atoms with Gasteiger partial charge in [-0.2, -0.15) is 0 Å². The molecule has 2 saturated heterocycles. The summed E-state index contributed by atoms with van der Waals surface area (Å²) in [5.74, 6) is -0.318. The molecule has 7 nitrogen and oxygen atoms in total. The molecule has 3 heterocycles. The lowest BCUT2D eigenvalue weighted by Gasteiger charge is -2.42. The number of nitrogens with one attached hydrogen (secondary N) is 2. The Balaban J connectivity index is 1.13. The van der Waals surface area contributed by atoms with Crippen molar-refractivity contribution in [2.45, 2.75) is 24.9 Å². The van der Waals surface area contributed by atoms with Gasteiger partial charge in [0, 0.05) is 50.7 Å². The van der Waals surface area contributed by atoms with E-state index < -0.39 is 5.54 Å². The molecular weight excluding hydrogens is 433 g/mol. The third-order valence-corrected chi connectivity index (χ3v) is 7.02. The highest BCUT2D eigenvalue weighted by Crippen LogP contribution is 2.33. The van der Waals surface area contributed by atoms with Crippen LogP contribution in [0.4, 0.5) is 4.39 Å². The highest BCUT2D eigenvalue weighted by molar-refractivity contribution is 5.98. The van der Waals surface area contributed by atoms with Gasteiger partial charge in [-0.25, -0.2) is 4.39 Å². The molecular formula is C26H28FN5O2. The van der Waals surface area contributed by atoms with Crippen LogP contribution in [0.5, 0.6) is 0 Å². The van der Waals surface area contributed by atoms with Crippen molar-refractivity contribution in [3.05, 3.63) is 77.9 Å². The summed E-state index contributed by atoms with van der Waals surface area (Å²) in [6, 6.07) is 13.8. The van der Waals surface area contributed by atoms with Crippen molar-refractivity contribution < 1.29 is 14.0 Å². The molecule has 176 valence electrons. The Kier molecular flexibility index (Phi) is 6.26. The number of amides is 2. The van der Waals surface area contributed by atoms with E-state index in [9.17, 15) is 14.0 Å². The van der Waals surface area contributed by atoms with E-state index in [0.717, 1.165) is 48.8 Å². The monoisotopic (exact) mass is 461 g/mol. The van der Waals surface area contributed by atoms with Crippen LogP contribution in [0, 0.1) is 5.82 Å². The van der Waals surface area contributed by atoms with Gasteiger partial charge in [0.05, 0.1) is 6.67 Å². The summed E-state index contributed by atoms with van der Waals surface area (Å²) in [5, 5.41) is 7.61. The Morgan fingerprint density at radius 1 is 1.12 bits per heavy atom. The lowest BCUT2D eigenvalue weighted by molar-refractivity contribution is -0.129. The maximum absolute atomic E-state index is 13.4. The number of hydrogen-bond acceptors (Lipinski definition) is 5. The van der Waals surface area contributed by atoms with Crippen LogP contribution >= 0.6 is 0 Å². The quantitative estimate of drug-likeness (QED) is 0.590. The highest BCUT2D eigenvalue weighted by Gasteiger charge is 2.49. The predicted molar refractivity (Wildman–Crippen MR) is 127 cm³/mol. The molecule has 2 aliphatic rings. The summed E-state index contributed by atoms with van der Waals surface area (Å²) in [5.41, 5.74) is 1.19. The molecule has 2 fully saturated rings. The molecule has 0 aliphatic carbocycles. The average Bonchev–Trinajstić information content (AvgIpc) is 3.15. The fourth-order valence-corrected chi connectivity index (χ4v) is 5.02. The van der Waals surface area contributed by atoms with Crippen LogP contribution < -0.4 is 10.6 Å². The van der Waals surface area contributed by atoms with Gasteiger partial charge >= 0.3 is 0 Å². The third kappa shape index (κ3) is 4.51. The van der Waals surface area contributed by atoms with Gasteiger partial charge in [-0.15, -0.1) is 0 Å². The number of halogens is 1. The van der Waals surface area contributed by atoms with Crippen molar-refractivity contribution in [2.24, 2.45) is 0 Å². The Bertz CT molecular complexity index is 1190. The van der Waals surface area contributed by atoms with E-state index in [4.69, 9.17) is 0 Å². The van der Waals surface area contributed by atoms with Crippen LogP contribution in [0.1, 0.15) is 28.8 Å². The first kappa shape index (κ1) is 22.4. The zero-order chi connectivity index (χ0) is 23.5. The van der Waals surface area contributed by atoms with Crippen molar-refractivity contribution in [1.82, 2.24) is 25.4 Å². The number of hydrogen-bond donors (Lipinski definition) is 2. The number of benzene rings is 2. The van der Waals surface area contributed by atoms with Gasteiger partial charge in [0.25, 0.3) is 5.91 Å². The number of piperidine rings is 1. The molecule has 2 aliphatic heterocycles. The van der Waals surface area contributed by atoms with E-state index in [0.29, 0.717) is 25.3 Å². The molecule has 5 rings (SSSR count). The maximum Gasteiger partial charge on any atom is 0.251 e. The van der Waals surface area contributed by atoms with Gasteiger partial charge in [-0.3, -0.25) is 19.5 Å². The number of fused-ring (bicyclic) bond motifs is 1. The van der Waals surface area contributed by atoms with Gasteiger partial charge in [0.1, 0.15) is 11.4 Å². The lowest BCUT2D eigenvalue weighted by Crippen LogP contribution is -2.56. The molecule has 2 amide bonds. The van der Waals surface area contributed by atoms with E-state index in [1.807, 2.05) is 18.3 Å². The molecule has 0 saturated carbocycles. The molecule has 0 radical (unpaired) electrons. The van der Waals surface area contributed by atoms with Gasteiger partial charge in [-0.1, -0.05) is 18.2 Å². The van der Waals surface area contributed by atoms with E-state index in [1.165, 1.54) is 12.1 Å². The first-order chi connectivity index (χ1) is 16.5. The molecule has 1 aromatic heterocycles. The van der Waals surface area contributed by atoms with Crippen molar-refractivity contribution in [3.8, 4) is 0 Å². The van der Waals surface area contributed by atoms with Gasteiger partial charge in [0.2, 0.25) is 5.91 Å². The first-order valence-corrected chi connectivity index (χ1v) is 11.7. The third-order valence-electron chi connectivity index (χ3n) is 7.02. The summed E-state index contributed by atoms with van der Waals surface area (Å²) in [7, 11) is 0. The van der Waals surface area contributed by atoms with Crippen LogP contribution in [0.3, 0.4) is 0 Å². The van der Waals surface area contributed by atoms with Gasteiger partial charge in [0.15, 0.2) is 0 Å². The predicted octanol–water partition coefficient (Wildman–Crippen LogP) is 2.53. The Morgan fingerprint density at radius 2 is 1.91 bits per heavy atom. The first-order valence-electron chi connectivity index (χ1n) is 11.7. The maximum atomic E-state index is 13.4. The zero-order valence-electron chi connectivity index (χ0n) is 19.0. The molecule has 0 bridgehead atoms. The van der Waals surface area contributed by atoms with Crippen LogP contribution in [-0.4, -0.2) is 65.0 Å². The van der Waals surface area contributed by atoms with Gasteiger partial charge in [-0.05, 0) is 59.5 Å². The van der Waals surface area contributed by atoms with E-state index in [1.54, 1.807) is 30.5 Å². The molecule has 2 aromatic carbocycles. The van der Waals surface area contributed by atoms with Crippen molar-refractivity contribution in [2.75, 3.05) is 32.8 Å². The normalized spacial score (nSPS) is 18.3. The summed E-state index contributed by atoms with van der Waals surface area (Å²) in [6.07, 6.45) is 5.12. The Labute approximate surface area is 198 Å². The Morgan fingerprint density at radius 3 is 2.71 bits per heavy atom.